The number of nitrogens with one attached hydrogen (secondary N) is 1. The first-order chi connectivity index (χ1) is 20.2. The smallest absolute Gasteiger partial charge is 0.274 e. The van der Waals surface area contributed by atoms with Crippen LogP contribution in [-0.2, 0) is 4.79 Å². The van der Waals surface area contributed by atoms with Gasteiger partial charge in [-0.05, 0) is 65.7 Å². The number of nitrogens with zero attached hydrogens (tertiary/aromatic N) is 2. The lowest BCUT2D eigenvalue weighted by Gasteiger charge is -2.25. The minimum absolute atomic E-state index is 0.0331. The molecule has 0 aliphatic carbocycles. The fourth-order valence-corrected chi connectivity index (χ4v) is 5.94. The van der Waals surface area contributed by atoms with E-state index < -0.39 is 17.4 Å². The van der Waals surface area contributed by atoms with E-state index in [1.807, 2.05) is 0 Å². The van der Waals surface area contributed by atoms with Gasteiger partial charge >= 0.3 is 0 Å². The number of carbonyl (C=O) groups excluding carboxylic acids is 1. The number of amides is 1. The molecule has 0 fully saturated rings. The van der Waals surface area contributed by atoms with E-state index in [4.69, 9.17) is 26.8 Å². The first-order valence-electron chi connectivity index (χ1n) is 12.4. The lowest BCUT2D eigenvalue weighted by Crippen LogP contribution is -2.40. The van der Waals surface area contributed by atoms with E-state index in [-0.39, 0.29) is 49.2 Å². The van der Waals surface area contributed by atoms with Crippen molar-refractivity contribution in [3.8, 4) is 29.1 Å². The molecular weight excluding hydrogens is 580 g/mol. The van der Waals surface area contributed by atoms with Crippen LogP contribution in [0.15, 0.2) is 71.0 Å². The number of halogens is 1. The second-order valence-electron chi connectivity index (χ2n) is 9.14. The van der Waals surface area contributed by atoms with Gasteiger partial charge in [0.05, 0.1) is 41.9 Å². The van der Waals surface area contributed by atoms with Gasteiger partial charge in [-0.1, -0.05) is 23.7 Å². The van der Waals surface area contributed by atoms with Crippen molar-refractivity contribution in [3.63, 3.8) is 0 Å². The third-order valence-corrected chi connectivity index (χ3v) is 8.01. The molecule has 12 heteroatoms. The number of aromatic hydroxyl groups is 2. The number of nitriles is 1. The molecule has 5 rings (SSSR count). The first-order valence-corrected chi connectivity index (χ1v) is 13.5. The zero-order chi connectivity index (χ0) is 30.1. The maximum atomic E-state index is 14.0. The number of thiazole rings is 1. The van der Waals surface area contributed by atoms with Crippen LogP contribution < -0.4 is 35.3 Å². The molecule has 0 spiro atoms. The lowest BCUT2D eigenvalue weighted by molar-refractivity contribution is -0.111. The molecule has 1 aromatic heterocycles. The Bertz CT molecular complexity index is 1990. The summed E-state index contributed by atoms with van der Waals surface area (Å²) in [6.07, 6.45) is 1.58. The molecule has 1 unspecified atom stereocenters. The van der Waals surface area contributed by atoms with Crippen molar-refractivity contribution in [1.82, 2.24) is 4.57 Å². The summed E-state index contributed by atoms with van der Waals surface area (Å²) >= 11 is 7.03. The second-order valence-corrected chi connectivity index (χ2v) is 10.6. The number of phenolic OH excluding ortho intramolecular Hbond substituents is 2. The summed E-state index contributed by atoms with van der Waals surface area (Å²) in [5, 5.41) is 33.7. The number of fused-ring (bicyclic) bond motifs is 1. The molecule has 0 radical (unpaired) electrons. The fraction of sp³-hybridized carbons (Fsp3) is 0.100. The molecule has 2 heterocycles. The lowest BCUT2D eigenvalue weighted by atomic mass is 9.83. The van der Waals surface area contributed by atoms with Gasteiger partial charge in [-0.25, -0.2) is 0 Å². The van der Waals surface area contributed by atoms with Gasteiger partial charge in [-0.2, -0.15) is 5.26 Å². The van der Waals surface area contributed by atoms with E-state index in [1.54, 1.807) is 48.5 Å². The van der Waals surface area contributed by atoms with Gasteiger partial charge in [0, 0.05) is 10.7 Å². The van der Waals surface area contributed by atoms with Crippen LogP contribution in [0.25, 0.3) is 17.5 Å². The largest absolute Gasteiger partial charge is 0.504 e. The molecule has 1 amide bonds. The van der Waals surface area contributed by atoms with Gasteiger partial charge in [0.25, 0.3) is 11.5 Å². The zero-order valence-electron chi connectivity index (χ0n) is 22.2. The minimum atomic E-state index is -1.00. The van der Waals surface area contributed by atoms with Crippen molar-refractivity contribution in [2.24, 2.45) is 5.73 Å². The van der Waals surface area contributed by atoms with Gasteiger partial charge in [0.2, 0.25) is 0 Å². The Morgan fingerprint density at radius 2 is 1.71 bits per heavy atom. The van der Waals surface area contributed by atoms with Crippen molar-refractivity contribution in [2.75, 3.05) is 19.5 Å². The Kier molecular flexibility index (Phi) is 7.67. The number of ether oxygens (including phenoxy) is 2. The van der Waals surface area contributed by atoms with Crippen LogP contribution in [0.5, 0.6) is 23.0 Å². The normalized spacial score (nSPS) is 14.8. The van der Waals surface area contributed by atoms with Gasteiger partial charge < -0.3 is 30.7 Å². The fourth-order valence-electron chi connectivity index (χ4n) is 4.64. The molecule has 4 aromatic rings. The Morgan fingerprint density at radius 3 is 2.36 bits per heavy atom. The Morgan fingerprint density at radius 1 is 1.07 bits per heavy atom. The van der Waals surface area contributed by atoms with Crippen molar-refractivity contribution in [1.29, 1.82) is 5.26 Å². The molecule has 42 heavy (non-hydrogen) atoms. The number of benzene rings is 3. The number of anilines is 1. The predicted molar refractivity (Wildman–Crippen MR) is 160 cm³/mol. The highest BCUT2D eigenvalue weighted by atomic mass is 35.5. The number of aromatic nitrogens is 1. The van der Waals surface area contributed by atoms with E-state index in [0.717, 1.165) is 15.9 Å². The van der Waals surface area contributed by atoms with Crippen molar-refractivity contribution in [2.45, 2.75) is 5.92 Å². The van der Waals surface area contributed by atoms with Crippen molar-refractivity contribution < 1.29 is 24.5 Å². The van der Waals surface area contributed by atoms with E-state index in [2.05, 4.69) is 11.4 Å². The van der Waals surface area contributed by atoms with Crippen LogP contribution in [0.1, 0.15) is 17.0 Å². The topological polar surface area (TPSA) is 160 Å². The average molecular weight is 603 g/mol. The molecule has 212 valence electrons. The average Bonchev–Trinajstić information content (AvgIpc) is 3.30. The van der Waals surface area contributed by atoms with E-state index in [9.17, 15) is 25.1 Å². The number of rotatable bonds is 6. The van der Waals surface area contributed by atoms with Gasteiger partial charge in [-0.15, -0.1) is 11.3 Å². The maximum Gasteiger partial charge on any atom is 0.274 e. The van der Waals surface area contributed by atoms with Crippen LogP contribution in [0.4, 0.5) is 5.69 Å². The molecule has 5 N–H and O–H groups in total. The maximum absolute atomic E-state index is 14.0. The van der Waals surface area contributed by atoms with Crippen LogP contribution in [0.3, 0.4) is 0 Å². The Labute approximate surface area is 248 Å². The SMILES string of the molecule is COc1cc(/C=c2\sc3n(c2=O)C(N)=C(C#N)C(c2ccc(O)c(OC)c2)C=3C(=O)Nc2ccc(Cl)cc2)ccc1O. The number of phenols is 2. The standard InChI is InChI=1S/C30H23ClN4O6S/c1-40-22-11-15(3-9-20(22)36)12-24-29(39)35-27(33)19(14-32)25(16-4-10-21(37)23(13-16)41-2)26(30(35)42-24)28(38)34-18-7-5-17(31)6-8-18/h3-13,25,36-37H,33H2,1-2H3,(H,34,38)/b24-12-. The van der Waals surface area contributed by atoms with Crippen molar-refractivity contribution >= 4 is 52.0 Å². The Hall–Kier alpha value is -5.18. The number of hydrogen-bond donors (Lipinski definition) is 4. The van der Waals surface area contributed by atoms with Crippen LogP contribution in [0, 0.1) is 11.3 Å². The predicted octanol–water partition coefficient (Wildman–Crippen LogP) is 3.06. The molecule has 0 saturated heterocycles. The Balaban J connectivity index is 1.81. The summed E-state index contributed by atoms with van der Waals surface area (Å²) in [4.78, 5) is 27.7. The van der Waals surface area contributed by atoms with Crippen LogP contribution in [-0.4, -0.2) is 34.9 Å². The highest BCUT2D eigenvalue weighted by molar-refractivity contribution is 7.07. The number of carbonyl (C=O) groups is 1. The summed E-state index contributed by atoms with van der Waals surface area (Å²) in [7, 11) is 2.79. The molecule has 3 aromatic carbocycles. The second kappa shape index (κ2) is 11.4. The number of nitrogens with two attached hydrogens (primary N) is 1. The highest BCUT2D eigenvalue weighted by Gasteiger charge is 2.36. The summed E-state index contributed by atoms with van der Waals surface area (Å²) in [6.45, 7) is 0. The summed E-state index contributed by atoms with van der Waals surface area (Å²) in [5.74, 6) is -1.56. The zero-order valence-corrected chi connectivity index (χ0v) is 23.8. The number of allylic oxidation sites excluding steroid dienone is 1. The van der Waals surface area contributed by atoms with E-state index in [1.165, 1.54) is 32.4 Å². The van der Waals surface area contributed by atoms with Crippen molar-refractivity contribution in [3.05, 3.63) is 102 Å². The van der Waals surface area contributed by atoms with Gasteiger partial charge in [0.15, 0.2) is 23.0 Å². The van der Waals surface area contributed by atoms with Gasteiger partial charge in [-0.3, -0.25) is 14.2 Å². The molecule has 1 atom stereocenters. The van der Waals surface area contributed by atoms with Gasteiger partial charge in [0.1, 0.15) is 10.5 Å². The van der Waals surface area contributed by atoms with Crippen LogP contribution in [0.2, 0.25) is 5.02 Å². The highest BCUT2D eigenvalue weighted by Crippen LogP contribution is 2.40. The first kappa shape index (κ1) is 28.4. The number of methoxy groups -OCH3 is 2. The van der Waals surface area contributed by atoms with E-state index >= 15 is 0 Å². The molecule has 0 bridgehead atoms. The molecular formula is C30H23ClN4O6S. The van der Waals surface area contributed by atoms with Crippen LogP contribution >= 0.6 is 22.9 Å². The van der Waals surface area contributed by atoms with E-state index in [0.29, 0.717) is 21.8 Å². The molecule has 10 nitrogen and oxygen atoms in total. The molecule has 1 aliphatic heterocycles. The summed E-state index contributed by atoms with van der Waals surface area (Å²) < 4.78 is 12.0. The summed E-state index contributed by atoms with van der Waals surface area (Å²) in [5.41, 5.74) is 7.40. The third kappa shape index (κ3) is 5.05. The molecule has 0 saturated carbocycles. The minimum Gasteiger partial charge on any atom is -0.504 e. The number of hydrogen-bond acceptors (Lipinski definition) is 9. The molecule has 1 aliphatic rings. The third-order valence-electron chi connectivity index (χ3n) is 6.65. The quantitative estimate of drug-likeness (QED) is 0.262. The summed E-state index contributed by atoms with van der Waals surface area (Å²) in [6, 6.07) is 17.6. The monoisotopic (exact) mass is 602 g/mol.